The number of hydrogen-bond donors (Lipinski definition) is 1. The molecule has 0 heterocycles. The van der Waals surface area contributed by atoms with Gasteiger partial charge in [-0.15, -0.1) is 24.0 Å². The highest BCUT2D eigenvalue weighted by molar-refractivity contribution is 6.18. The lowest BCUT2D eigenvalue weighted by Crippen LogP contribution is -2.01. The maximum atomic E-state index is 5.49. The molecule has 0 spiro atoms. The Morgan fingerprint density at radius 1 is 1.17 bits per heavy atom. The molecule has 4 heteroatoms. The second-order valence-electron chi connectivity index (χ2n) is 1.98. The van der Waals surface area contributed by atoms with E-state index in [1.54, 1.807) is 0 Å². The van der Waals surface area contributed by atoms with E-state index in [2.05, 4.69) is 5.32 Å². The van der Waals surface area contributed by atoms with Crippen LogP contribution in [-0.4, -0.2) is 17.9 Å². The van der Waals surface area contributed by atoms with Crippen molar-refractivity contribution in [1.82, 2.24) is 0 Å². The van der Waals surface area contributed by atoms with Gasteiger partial charge in [-0.3, -0.25) is 0 Å². The number of halogens is 2. The fourth-order valence-corrected chi connectivity index (χ4v) is 0.842. The first-order valence-electron chi connectivity index (χ1n) is 3.28. The first kappa shape index (κ1) is 14.1. The van der Waals surface area contributed by atoms with Gasteiger partial charge in [0.05, 0.1) is 0 Å². The van der Waals surface area contributed by atoms with Gasteiger partial charge in [0.1, 0.15) is 0 Å². The van der Waals surface area contributed by atoms with Gasteiger partial charge in [0.2, 0.25) is 0 Å². The summed E-state index contributed by atoms with van der Waals surface area (Å²) < 4.78 is 0. The van der Waals surface area contributed by atoms with Crippen LogP contribution in [0, 0.1) is 0 Å². The summed E-state index contributed by atoms with van der Waals surface area (Å²) >= 11 is 5.49. The summed E-state index contributed by atoms with van der Waals surface area (Å²) in [6, 6.07) is 10.0. The summed E-state index contributed by atoms with van der Waals surface area (Å²) in [5, 5.41) is 3.16. The van der Waals surface area contributed by atoms with Gasteiger partial charge in [-0.25, -0.2) is 0 Å². The Kier molecular flexibility index (Phi) is 10.2. The molecule has 0 aromatic heterocycles. The normalized spacial score (nSPS) is 7.75. The average molecular weight is 210 g/mol. The van der Waals surface area contributed by atoms with E-state index in [0.717, 1.165) is 12.2 Å². The monoisotopic (exact) mass is 209 g/mol. The molecule has 0 saturated carbocycles. The Labute approximate surface area is 83.6 Å². The van der Waals surface area contributed by atoms with Crippen molar-refractivity contribution in [3.05, 3.63) is 30.3 Å². The van der Waals surface area contributed by atoms with Crippen LogP contribution in [0.25, 0.3) is 0 Å². The minimum Gasteiger partial charge on any atom is -0.412 e. The van der Waals surface area contributed by atoms with Gasteiger partial charge < -0.3 is 10.8 Å². The molecule has 0 atom stereocenters. The van der Waals surface area contributed by atoms with Gasteiger partial charge >= 0.3 is 0 Å². The van der Waals surface area contributed by atoms with E-state index in [0.29, 0.717) is 5.88 Å². The predicted octanol–water partition coefficient (Wildman–Crippen LogP) is 1.93. The van der Waals surface area contributed by atoms with Crippen LogP contribution in [-0.2, 0) is 0 Å². The molecule has 0 saturated heterocycles. The molecule has 0 bridgehead atoms. The van der Waals surface area contributed by atoms with E-state index in [4.69, 9.17) is 11.6 Å². The fourth-order valence-electron chi connectivity index (χ4n) is 0.748. The Morgan fingerprint density at radius 2 is 1.75 bits per heavy atom. The quantitative estimate of drug-likeness (QED) is 0.761. The number of anilines is 1. The number of rotatable bonds is 3. The molecule has 0 aliphatic heterocycles. The van der Waals surface area contributed by atoms with Crippen LogP contribution >= 0.6 is 24.0 Å². The van der Waals surface area contributed by atoms with Crippen molar-refractivity contribution in [2.75, 3.05) is 17.7 Å². The molecule has 0 unspecified atom stereocenters. The molecule has 1 rings (SSSR count). The number of alkyl halides is 1. The summed E-state index contributed by atoms with van der Waals surface area (Å²) in [5.41, 5.74) is 1.13. The molecule has 70 valence electrons. The van der Waals surface area contributed by atoms with Crippen molar-refractivity contribution in [1.29, 1.82) is 0 Å². The van der Waals surface area contributed by atoms with Crippen LogP contribution in [0.15, 0.2) is 30.3 Å². The second kappa shape index (κ2) is 8.65. The van der Waals surface area contributed by atoms with Crippen LogP contribution in [0.5, 0.6) is 0 Å². The minimum atomic E-state index is 0. The Morgan fingerprint density at radius 3 is 2.25 bits per heavy atom. The first-order chi connectivity index (χ1) is 4.93. The summed E-state index contributed by atoms with van der Waals surface area (Å²) in [7, 11) is 0. The second-order valence-corrected chi connectivity index (χ2v) is 2.36. The number of benzene rings is 1. The highest BCUT2D eigenvalue weighted by Crippen LogP contribution is 2.03. The van der Waals surface area contributed by atoms with Crippen molar-refractivity contribution in [3.63, 3.8) is 0 Å². The van der Waals surface area contributed by atoms with Crippen LogP contribution in [0.2, 0.25) is 0 Å². The summed E-state index contributed by atoms with van der Waals surface area (Å²) in [4.78, 5) is 0. The van der Waals surface area contributed by atoms with Crippen molar-refractivity contribution >= 4 is 29.7 Å². The summed E-state index contributed by atoms with van der Waals surface area (Å²) in [5.74, 6) is 0.648. The lowest BCUT2D eigenvalue weighted by atomic mass is 10.3. The third-order valence-electron chi connectivity index (χ3n) is 1.20. The zero-order valence-electron chi connectivity index (χ0n) is 6.59. The van der Waals surface area contributed by atoms with E-state index >= 15 is 0 Å². The molecule has 1 aromatic carbocycles. The van der Waals surface area contributed by atoms with E-state index in [-0.39, 0.29) is 17.9 Å². The largest absolute Gasteiger partial charge is 0.412 e. The number of hydrogen-bond acceptors (Lipinski definition) is 1. The molecule has 2 nitrogen and oxygen atoms in total. The Bertz CT molecular complexity index is 182. The Hall–Kier alpha value is -0.440. The standard InChI is InChI=1S/C8H10ClN.ClH.H2O/c9-6-7-10-8-4-2-1-3-5-8;;/h1-5,10H,6-7H2;1H;1H2. The molecular weight excluding hydrogens is 197 g/mol. The lowest BCUT2D eigenvalue weighted by molar-refractivity contribution is 0.824. The molecule has 0 radical (unpaired) electrons. The van der Waals surface area contributed by atoms with Gasteiger partial charge in [-0.2, -0.15) is 0 Å². The predicted molar refractivity (Wildman–Crippen MR) is 56.5 cm³/mol. The topological polar surface area (TPSA) is 43.5 Å². The van der Waals surface area contributed by atoms with Gasteiger partial charge in [0.25, 0.3) is 0 Å². The van der Waals surface area contributed by atoms with Gasteiger partial charge in [0.15, 0.2) is 0 Å². The van der Waals surface area contributed by atoms with E-state index < -0.39 is 0 Å². The lowest BCUT2D eigenvalue weighted by Gasteiger charge is -2.01. The Balaban J connectivity index is 0. The zero-order chi connectivity index (χ0) is 7.23. The SMILES string of the molecule is Cl.ClCCNc1ccccc1.O. The summed E-state index contributed by atoms with van der Waals surface area (Å²) in [6.07, 6.45) is 0. The van der Waals surface area contributed by atoms with Crippen LogP contribution in [0.1, 0.15) is 0 Å². The zero-order valence-corrected chi connectivity index (χ0v) is 8.16. The van der Waals surface area contributed by atoms with E-state index in [1.807, 2.05) is 30.3 Å². The van der Waals surface area contributed by atoms with Gasteiger partial charge in [0, 0.05) is 18.1 Å². The molecule has 0 aliphatic rings. The van der Waals surface area contributed by atoms with E-state index in [9.17, 15) is 0 Å². The highest BCUT2D eigenvalue weighted by atomic mass is 35.5. The summed E-state index contributed by atoms with van der Waals surface area (Å²) in [6.45, 7) is 0.825. The minimum absolute atomic E-state index is 0. The number of nitrogens with one attached hydrogen (secondary N) is 1. The van der Waals surface area contributed by atoms with Crippen molar-refractivity contribution in [3.8, 4) is 0 Å². The highest BCUT2D eigenvalue weighted by Gasteiger charge is 1.84. The maximum Gasteiger partial charge on any atom is 0.0396 e. The molecule has 3 N–H and O–H groups in total. The molecule has 1 aromatic rings. The van der Waals surface area contributed by atoms with Crippen molar-refractivity contribution in [2.24, 2.45) is 0 Å². The third-order valence-corrected chi connectivity index (χ3v) is 1.39. The smallest absolute Gasteiger partial charge is 0.0396 e. The van der Waals surface area contributed by atoms with Crippen LogP contribution in [0.4, 0.5) is 5.69 Å². The van der Waals surface area contributed by atoms with Crippen molar-refractivity contribution in [2.45, 2.75) is 0 Å². The third kappa shape index (κ3) is 5.24. The van der Waals surface area contributed by atoms with Crippen LogP contribution < -0.4 is 5.32 Å². The molecular formula is C8H13Cl2NO. The first-order valence-corrected chi connectivity index (χ1v) is 3.82. The van der Waals surface area contributed by atoms with Gasteiger partial charge in [-0.05, 0) is 12.1 Å². The number of para-hydroxylation sites is 1. The molecule has 0 fully saturated rings. The van der Waals surface area contributed by atoms with Crippen LogP contribution in [0.3, 0.4) is 0 Å². The van der Waals surface area contributed by atoms with E-state index in [1.165, 1.54) is 0 Å². The molecule has 12 heavy (non-hydrogen) atoms. The fraction of sp³-hybridized carbons (Fsp3) is 0.250. The maximum absolute atomic E-state index is 5.49. The average Bonchev–Trinajstić information content (AvgIpc) is 2.03. The molecule has 0 amide bonds. The van der Waals surface area contributed by atoms with Crippen molar-refractivity contribution < 1.29 is 5.48 Å². The van der Waals surface area contributed by atoms with Gasteiger partial charge in [-0.1, -0.05) is 18.2 Å². The molecule has 0 aliphatic carbocycles.